The van der Waals surface area contributed by atoms with Gasteiger partial charge in [0.2, 0.25) is 0 Å². The number of nitrogens with one attached hydrogen (secondary N) is 1. The molecular weight excluding hydrogens is 346 g/mol. The van der Waals surface area contributed by atoms with Crippen LogP contribution in [0.3, 0.4) is 0 Å². The summed E-state index contributed by atoms with van der Waals surface area (Å²) in [6.45, 7) is 1.48. The Morgan fingerprint density at radius 2 is 1.36 bits per heavy atom. The molecule has 0 aromatic heterocycles. The topological polar surface area (TPSA) is 84.4 Å². The molecule has 0 unspecified atom stereocenters. The minimum Gasteiger partial charge on any atom is -0.358 e. The number of hydrogen-bond acceptors (Lipinski definition) is 1. The number of rotatable bonds is 8. The molecule has 0 bridgehead atoms. The highest BCUT2D eigenvalue weighted by molar-refractivity contribution is 5.97. The van der Waals surface area contributed by atoms with Crippen molar-refractivity contribution < 1.29 is 16.3 Å². The van der Waals surface area contributed by atoms with Crippen LogP contribution in [0, 0.1) is 0 Å². The number of carbonyl (C=O) groups is 1. The lowest BCUT2D eigenvalue weighted by Gasteiger charge is -2.12. The Balaban J connectivity index is 1.88. The predicted molar refractivity (Wildman–Crippen MR) is 113 cm³/mol. The van der Waals surface area contributed by atoms with Crippen molar-refractivity contribution in [1.82, 2.24) is 5.32 Å². The van der Waals surface area contributed by atoms with Gasteiger partial charge in [-0.25, -0.2) is 0 Å². The molecule has 4 nitrogen and oxygen atoms in total. The van der Waals surface area contributed by atoms with E-state index in [0.717, 1.165) is 41.6 Å². The van der Waals surface area contributed by atoms with Crippen LogP contribution in [0.15, 0.2) is 78.9 Å². The van der Waals surface area contributed by atoms with Gasteiger partial charge in [-0.05, 0) is 40.5 Å². The van der Waals surface area contributed by atoms with Crippen LogP contribution >= 0.6 is 0 Å². The number of benzene rings is 3. The van der Waals surface area contributed by atoms with E-state index in [1.165, 1.54) is 0 Å². The quantitative estimate of drug-likeness (QED) is 0.555. The molecule has 1 amide bonds. The van der Waals surface area contributed by atoms with Crippen LogP contribution in [-0.4, -0.2) is 25.0 Å². The molecule has 7 N–H and O–H groups in total. The fraction of sp³-hybridized carbons (Fsp3) is 0.208. The molecule has 3 aromatic carbocycles. The minimum atomic E-state index is -0.0572. The van der Waals surface area contributed by atoms with Crippen molar-refractivity contribution in [2.75, 3.05) is 13.1 Å². The van der Waals surface area contributed by atoms with Crippen LogP contribution < -0.4 is 16.8 Å². The largest absolute Gasteiger partial charge is 0.358 e. The molecule has 0 fully saturated rings. The number of amides is 1. The highest BCUT2D eigenvalue weighted by Gasteiger charge is 2.13. The van der Waals surface area contributed by atoms with Gasteiger partial charge in [-0.2, -0.15) is 0 Å². The Morgan fingerprint density at radius 3 is 1.86 bits per heavy atom. The van der Waals surface area contributed by atoms with Crippen molar-refractivity contribution in [3.05, 3.63) is 84.4 Å². The summed E-state index contributed by atoms with van der Waals surface area (Å²) < 4.78 is 0. The summed E-state index contributed by atoms with van der Waals surface area (Å²) in [5.41, 5.74) is 12.9. The maximum atomic E-state index is 12.8. The SMILES string of the molecule is [NH3+]CCC[C@H]([NH3+])CNC(=O)c1cc(-c2ccccc2)cc(-c2ccccc2)c1. The second-order valence-corrected chi connectivity index (χ2v) is 7.10. The fourth-order valence-electron chi connectivity index (χ4n) is 3.23. The third kappa shape index (κ3) is 5.28. The minimum absolute atomic E-state index is 0.0572. The van der Waals surface area contributed by atoms with Gasteiger partial charge < -0.3 is 16.8 Å². The highest BCUT2D eigenvalue weighted by Crippen LogP contribution is 2.28. The molecule has 1 atom stereocenters. The van der Waals surface area contributed by atoms with E-state index in [4.69, 9.17) is 0 Å². The molecule has 0 aliphatic heterocycles. The van der Waals surface area contributed by atoms with Crippen molar-refractivity contribution in [3.8, 4) is 22.3 Å². The van der Waals surface area contributed by atoms with E-state index in [1.54, 1.807) is 0 Å². The molecule has 0 saturated carbocycles. The van der Waals surface area contributed by atoms with Gasteiger partial charge in [-0.15, -0.1) is 0 Å². The lowest BCUT2D eigenvalue weighted by atomic mass is 9.96. The first-order valence-corrected chi connectivity index (χ1v) is 9.84. The lowest BCUT2D eigenvalue weighted by Crippen LogP contribution is -2.65. The zero-order valence-corrected chi connectivity index (χ0v) is 16.2. The Morgan fingerprint density at radius 1 is 0.821 bits per heavy atom. The van der Waals surface area contributed by atoms with Crippen molar-refractivity contribution in [1.29, 1.82) is 0 Å². The summed E-state index contributed by atoms with van der Waals surface area (Å²) in [5.74, 6) is -0.0572. The van der Waals surface area contributed by atoms with Gasteiger partial charge in [0.05, 0.1) is 13.1 Å². The van der Waals surface area contributed by atoms with Gasteiger partial charge in [0.15, 0.2) is 0 Å². The zero-order valence-electron chi connectivity index (χ0n) is 16.2. The van der Waals surface area contributed by atoms with Crippen LogP contribution in [0.4, 0.5) is 0 Å². The molecule has 4 heteroatoms. The molecule has 0 aliphatic carbocycles. The van der Waals surface area contributed by atoms with Crippen LogP contribution in [0.1, 0.15) is 23.2 Å². The Hall–Kier alpha value is -2.95. The first kappa shape index (κ1) is 19.8. The molecular formula is C24H29N3O+2. The van der Waals surface area contributed by atoms with Crippen LogP contribution in [0.2, 0.25) is 0 Å². The predicted octanol–water partition coefficient (Wildman–Crippen LogP) is 2.38. The molecule has 0 aliphatic rings. The molecule has 0 heterocycles. The molecule has 28 heavy (non-hydrogen) atoms. The Labute approximate surface area is 166 Å². The van der Waals surface area contributed by atoms with E-state index in [1.807, 2.05) is 48.5 Å². The first-order chi connectivity index (χ1) is 13.7. The molecule has 3 aromatic rings. The Bertz CT molecular complexity index is 836. The van der Waals surface area contributed by atoms with Crippen LogP contribution in [0.25, 0.3) is 22.3 Å². The first-order valence-electron chi connectivity index (χ1n) is 9.84. The standard InChI is InChI=1S/C24H27N3O/c25-13-7-12-23(26)17-27-24(28)22-15-20(18-8-3-1-4-9-18)14-21(16-22)19-10-5-2-6-11-19/h1-6,8-11,14-16,23H,7,12-13,17,25-26H2,(H,27,28)/p+2/t23-/m0/s1. The average molecular weight is 376 g/mol. The highest BCUT2D eigenvalue weighted by atomic mass is 16.1. The third-order valence-corrected chi connectivity index (χ3v) is 4.82. The smallest absolute Gasteiger partial charge is 0.251 e. The summed E-state index contributed by atoms with van der Waals surface area (Å²) in [5, 5.41) is 3.04. The van der Waals surface area contributed by atoms with Gasteiger partial charge >= 0.3 is 0 Å². The fourth-order valence-corrected chi connectivity index (χ4v) is 3.23. The summed E-state index contributed by atoms with van der Waals surface area (Å²) in [7, 11) is 0. The summed E-state index contributed by atoms with van der Waals surface area (Å²) in [4.78, 5) is 12.8. The van der Waals surface area contributed by atoms with Crippen molar-refractivity contribution in [3.63, 3.8) is 0 Å². The molecule has 0 radical (unpaired) electrons. The maximum Gasteiger partial charge on any atom is 0.251 e. The van der Waals surface area contributed by atoms with Crippen molar-refractivity contribution >= 4 is 5.91 Å². The van der Waals surface area contributed by atoms with Gasteiger partial charge in [-0.1, -0.05) is 60.7 Å². The number of quaternary nitrogens is 2. The third-order valence-electron chi connectivity index (χ3n) is 4.82. The average Bonchev–Trinajstić information content (AvgIpc) is 2.77. The van der Waals surface area contributed by atoms with Gasteiger partial charge in [0.1, 0.15) is 6.04 Å². The van der Waals surface area contributed by atoms with E-state index in [9.17, 15) is 4.79 Å². The van der Waals surface area contributed by atoms with Gasteiger partial charge in [-0.3, -0.25) is 4.79 Å². The molecule has 0 spiro atoms. The lowest BCUT2D eigenvalue weighted by molar-refractivity contribution is -0.423. The van der Waals surface area contributed by atoms with Crippen LogP contribution in [-0.2, 0) is 0 Å². The molecule has 144 valence electrons. The van der Waals surface area contributed by atoms with Gasteiger partial charge in [0, 0.05) is 18.4 Å². The molecule has 0 saturated heterocycles. The Kier molecular flexibility index (Phi) is 6.95. The van der Waals surface area contributed by atoms with Crippen molar-refractivity contribution in [2.24, 2.45) is 0 Å². The van der Waals surface area contributed by atoms with E-state index in [-0.39, 0.29) is 11.9 Å². The number of hydrogen-bond donors (Lipinski definition) is 3. The van der Waals surface area contributed by atoms with E-state index in [2.05, 4.69) is 47.1 Å². The zero-order chi connectivity index (χ0) is 19.8. The monoisotopic (exact) mass is 375 g/mol. The summed E-state index contributed by atoms with van der Waals surface area (Å²) >= 11 is 0. The normalized spacial score (nSPS) is 11.8. The number of carbonyl (C=O) groups excluding carboxylic acids is 1. The van der Waals surface area contributed by atoms with Crippen LogP contribution in [0.5, 0.6) is 0 Å². The van der Waals surface area contributed by atoms with Gasteiger partial charge in [0.25, 0.3) is 5.91 Å². The van der Waals surface area contributed by atoms with E-state index in [0.29, 0.717) is 12.1 Å². The van der Waals surface area contributed by atoms with E-state index < -0.39 is 0 Å². The maximum absolute atomic E-state index is 12.8. The van der Waals surface area contributed by atoms with Crippen molar-refractivity contribution in [2.45, 2.75) is 18.9 Å². The second-order valence-electron chi connectivity index (χ2n) is 7.10. The second kappa shape index (κ2) is 9.83. The summed E-state index contributed by atoms with van der Waals surface area (Å²) in [6, 6.07) is 26.6. The summed E-state index contributed by atoms with van der Waals surface area (Å²) in [6.07, 6.45) is 2.01. The van der Waals surface area contributed by atoms with E-state index >= 15 is 0 Å². The molecule has 3 rings (SSSR count).